The van der Waals surface area contributed by atoms with Gasteiger partial charge in [-0.3, -0.25) is 4.79 Å². The lowest BCUT2D eigenvalue weighted by Gasteiger charge is -2.30. The van der Waals surface area contributed by atoms with Gasteiger partial charge in [0.15, 0.2) is 0 Å². The lowest BCUT2D eigenvalue weighted by molar-refractivity contribution is 0.195. The molecule has 0 bridgehead atoms. The lowest BCUT2D eigenvalue weighted by Crippen LogP contribution is -2.29. The zero-order chi connectivity index (χ0) is 22.2. The molecule has 1 unspecified atom stereocenters. The highest BCUT2D eigenvalue weighted by atomic mass is 16.5. The Hall–Kier alpha value is -2.77. The fraction of sp³-hybridized carbons (Fsp3) is 0.480. The van der Waals surface area contributed by atoms with Crippen LogP contribution in [0.1, 0.15) is 36.3 Å². The van der Waals surface area contributed by atoms with Crippen molar-refractivity contribution in [1.29, 1.82) is 0 Å². The van der Waals surface area contributed by atoms with Gasteiger partial charge in [0.05, 0.1) is 30.2 Å². The summed E-state index contributed by atoms with van der Waals surface area (Å²) in [6.07, 6.45) is 4.88. The normalized spacial score (nSPS) is 20.2. The maximum atomic E-state index is 12.9. The molecule has 2 saturated heterocycles. The van der Waals surface area contributed by atoms with Gasteiger partial charge in [-0.25, -0.2) is 9.97 Å². The van der Waals surface area contributed by atoms with Gasteiger partial charge in [-0.2, -0.15) is 0 Å². The van der Waals surface area contributed by atoms with Crippen molar-refractivity contribution in [2.45, 2.75) is 38.1 Å². The summed E-state index contributed by atoms with van der Waals surface area (Å²) in [5.41, 5.74) is 5.19. The molecule has 32 heavy (non-hydrogen) atoms. The Bertz CT molecular complexity index is 1190. The largest absolute Gasteiger partial charge is 0.379 e. The number of aromatic nitrogens is 3. The van der Waals surface area contributed by atoms with E-state index in [4.69, 9.17) is 9.72 Å². The Kier molecular flexibility index (Phi) is 5.69. The molecule has 0 amide bonds. The minimum Gasteiger partial charge on any atom is -0.379 e. The van der Waals surface area contributed by atoms with Gasteiger partial charge in [0.1, 0.15) is 11.2 Å². The minimum atomic E-state index is -0.0933. The summed E-state index contributed by atoms with van der Waals surface area (Å²) in [6, 6.07) is 8.74. The van der Waals surface area contributed by atoms with Gasteiger partial charge < -0.3 is 19.5 Å². The average molecular weight is 434 g/mol. The first kappa shape index (κ1) is 21.1. The molecule has 7 heteroatoms. The number of benzene rings is 1. The molecule has 1 atom stereocenters. The van der Waals surface area contributed by atoms with Gasteiger partial charge in [-0.05, 0) is 75.5 Å². The van der Waals surface area contributed by atoms with Crippen molar-refractivity contribution in [3.8, 4) is 11.3 Å². The van der Waals surface area contributed by atoms with E-state index < -0.39 is 0 Å². The number of aryl methyl sites for hydroxylation is 2. The summed E-state index contributed by atoms with van der Waals surface area (Å²) in [5.74, 6) is 1.22. The second-order valence-electron chi connectivity index (χ2n) is 9.26. The van der Waals surface area contributed by atoms with Gasteiger partial charge >= 0.3 is 0 Å². The van der Waals surface area contributed by atoms with Crippen LogP contribution >= 0.6 is 0 Å². The van der Waals surface area contributed by atoms with Crippen LogP contribution in [0.15, 0.2) is 35.4 Å². The molecule has 3 aromatic rings. The highest BCUT2D eigenvalue weighted by Crippen LogP contribution is 2.33. The summed E-state index contributed by atoms with van der Waals surface area (Å²) in [4.78, 5) is 24.7. The van der Waals surface area contributed by atoms with Crippen molar-refractivity contribution in [3.05, 3.63) is 52.1 Å². The highest BCUT2D eigenvalue weighted by molar-refractivity contribution is 5.91. The number of nitrogens with zero attached hydrogens (tertiary/aromatic N) is 4. The van der Waals surface area contributed by atoms with Crippen LogP contribution in [0.3, 0.4) is 0 Å². The standard InChI is InChI=1S/C25H31N5O2/c1-16-12-18(4-5-20(16)17-6-9-29(2)10-7-17)21-13-22-23(25(31)30(3)15-26-22)24(28-21)27-19-8-11-32-14-19/h4-5,12-13,15,17,19H,6-11,14H2,1-3H3,(H,27,28). The van der Waals surface area contributed by atoms with E-state index in [9.17, 15) is 4.79 Å². The van der Waals surface area contributed by atoms with Crippen LogP contribution in [-0.4, -0.2) is 58.8 Å². The van der Waals surface area contributed by atoms with E-state index in [2.05, 4.69) is 47.4 Å². The summed E-state index contributed by atoms with van der Waals surface area (Å²) in [6.45, 7) is 5.85. The number of hydrogen-bond acceptors (Lipinski definition) is 6. The Morgan fingerprint density at radius 2 is 1.94 bits per heavy atom. The van der Waals surface area contributed by atoms with Gasteiger partial charge in [0, 0.05) is 19.2 Å². The first-order chi connectivity index (χ1) is 15.5. The molecule has 2 fully saturated rings. The Morgan fingerprint density at radius 1 is 1.12 bits per heavy atom. The first-order valence-electron chi connectivity index (χ1n) is 11.5. The Morgan fingerprint density at radius 3 is 2.66 bits per heavy atom. The first-order valence-corrected chi connectivity index (χ1v) is 11.5. The zero-order valence-corrected chi connectivity index (χ0v) is 19.1. The lowest BCUT2D eigenvalue weighted by atomic mass is 9.86. The molecule has 2 aromatic heterocycles. The number of ether oxygens (including phenoxy) is 1. The third kappa shape index (κ3) is 4.02. The number of fused-ring (bicyclic) bond motifs is 1. The van der Waals surface area contributed by atoms with Crippen molar-refractivity contribution in [1.82, 2.24) is 19.4 Å². The topological polar surface area (TPSA) is 72.3 Å². The predicted octanol–water partition coefficient (Wildman–Crippen LogP) is 3.31. The van der Waals surface area contributed by atoms with Gasteiger partial charge in [-0.15, -0.1) is 0 Å². The van der Waals surface area contributed by atoms with Crippen LogP contribution in [0.4, 0.5) is 5.82 Å². The number of pyridine rings is 1. The quantitative estimate of drug-likeness (QED) is 0.681. The SMILES string of the molecule is Cc1cc(-c2cc3ncn(C)c(=O)c3c(NC3CCOC3)n2)ccc1C1CCN(C)CC1. The third-order valence-electron chi connectivity index (χ3n) is 6.90. The fourth-order valence-corrected chi connectivity index (χ4v) is 4.93. The molecule has 5 rings (SSSR count). The molecular weight excluding hydrogens is 402 g/mol. The third-order valence-corrected chi connectivity index (χ3v) is 6.90. The van der Waals surface area contributed by atoms with Crippen molar-refractivity contribution >= 4 is 16.7 Å². The fourth-order valence-electron chi connectivity index (χ4n) is 4.93. The van der Waals surface area contributed by atoms with E-state index in [0.717, 1.165) is 37.4 Å². The van der Waals surface area contributed by atoms with Gasteiger partial charge in [-0.1, -0.05) is 12.1 Å². The van der Waals surface area contributed by atoms with Gasteiger partial charge in [0.2, 0.25) is 0 Å². The van der Waals surface area contributed by atoms with E-state index >= 15 is 0 Å². The van der Waals surface area contributed by atoms with E-state index in [1.807, 2.05) is 6.07 Å². The van der Waals surface area contributed by atoms with Crippen LogP contribution in [-0.2, 0) is 11.8 Å². The number of hydrogen-bond donors (Lipinski definition) is 1. The van der Waals surface area contributed by atoms with E-state index in [0.29, 0.717) is 29.2 Å². The Balaban J connectivity index is 1.54. The van der Waals surface area contributed by atoms with Crippen molar-refractivity contribution < 1.29 is 4.74 Å². The van der Waals surface area contributed by atoms with Crippen molar-refractivity contribution in [2.75, 3.05) is 38.7 Å². The zero-order valence-electron chi connectivity index (χ0n) is 19.1. The van der Waals surface area contributed by atoms with Crippen LogP contribution in [0.25, 0.3) is 22.2 Å². The summed E-state index contributed by atoms with van der Waals surface area (Å²) < 4.78 is 7.01. The van der Waals surface area contributed by atoms with Crippen LogP contribution < -0.4 is 10.9 Å². The number of nitrogens with one attached hydrogen (secondary N) is 1. The molecule has 168 valence electrons. The monoisotopic (exact) mass is 433 g/mol. The Labute approximate surface area is 188 Å². The number of rotatable bonds is 4. The number of anilines is 1. The molecule has 4 heterocycles. The van der Waals surface area contributed by atoms with E-state index in [1.165, 1.54) is 28.5 Å². The van der Waals surface area contributed by atoms with Crippen molar-refractivity contribution in [2.24, 2.45) is 7.05 Å². The molecule has 0 spiro atoms. The average Bonchev–Trinajstić information content (AvgIpc) is 3.30. The molecular formula is C25H31N5O2. The van der Waals surface area contributed by atoms with E-state index in [-0.39, 0.29) is 11.6 Å². The summed E-state index contributed by atoms with van der Waals surface area (Å²) in [7, 11) is 3.92. The van der Waals surface area contributed by atoms with Crippen LogP contribution in [0, 0.1) is 6.92 Å². The maximum Gasteiger partial charge on any atom is 0.264 e. The van der Waals surface area contributed by atoms with Crippen molar-refractivity contribution in [3.63, 3.8) is 0 Å². The summed E-state index contributed by atoms with van der Waals surface area (Å²) >= 11 is 0. The molecule has 2 aliphatic heterocycles. The second-order valence-corrected chi connectivity index (χ2v) is 9.26. The molecule has 0 radical (unpaired) electrons. The maximum absolute atomic E-state index is 12.9. The van der Waals surface area contributed by atoms with Gasteiger partial charge in [0.25, 0.3) is 5.56 Å². The smallest absolute Gasteiger partial charge is 0.264 e. The molecule has 2 aliphatic rings. The molecule has 0 saturated carbocycles. The van der Waals surface area contributed by atoms with Crippen LogP contribution in [0.2, 0.25) is 0 Å². The number of piperidine rings is 1. The molecule has 0 aliphatic carbocycles. The van der Waals surface area contributed by atoms with Crippen LogP contribution in [0.5, 0.6) is 0 Å². The molecule has 1 aromatic carbocycles. The minimum absolute atomic E-state index is 0.0933. The second kappa shape index (κ2) is 8.64. The molecule has 7 nitrogen and oxygen atoms in total. The number of likely N-dealkylation sites (tertiary alicyclic amines) is 1. The summed E-state index contributed by atoms with van der Waals surface area (Å²) in [5, 5.41) is 3.98. The molecule has 1 N–H and O–H groups in total. The highest BCUT2D eigenvalue weighted by Gasteiger charge is 2.22. The van der Waals surface area contributed by atoms with E-state index in [1.54, 1.807) is 13.4 Å². The predicted molar refractivity (Wildman–Crippen MR) is 127 cm³/mol.